The monoisotopic (exact) mass is 254 g/mol. The Morgan fingerprint density at radius 3 is 2.44 bits per heavy atom. The zero-order valence-corrected chi connectivity index (χ0v) is 12.9. The van der Waals surface area contributed by atoms with Gasteiger partial charge in [0.1, 0.15) is 0 Å². The van der Waals surface area contributed by atoms with E-state index in [9.17, 15) is 0 Å². The molecular formula is C16H34N2. The molecule has 2 N–H and O–H groups in total. The Labute approximate surface area is 114 Å². The van der Waals surface area contributed by atoms with Crippen LogP contribution in [-0.2, 0) is 0 Å². The van der Waals surface area contributed by atoms with Crippen LogP contribution in [0.25, 0.3) is 0 Å². The van der Waals surface area contributed by atoms with Gasteiger partial charge in [0.15, 0.2) is 0 Å². The largest absolute Gasteiger partial charge is 0.317 e. The molecule has 18 heavy (non-hydrogen) atoms. The Hall–Kier alpha value is -0.0800. The van der Waals surface area contributed by atoms with Crippen LogP contribution in [0.4, 0.5) is 0 Å². The molecule has 1 fully saturated rings. The van der Waals surface area contributed by atoms with E-state index in [2.05, 4.69) is 31.4 Å². The number of rotatable bonds is 9. The van der Waals surface area contributed by atoms with E-state index < -0.39 is 0 Å². The number of hydrogen-bond donors (Lipinski definition) is 2. The first-order valence-corrected chi connectivity index (χ1v) is 8.17. The second kappa shape index (κ2) is 8.92. The first-order valence-electron chi connectivity index (χ1n) is 8.17. The number of piperidine rings is 1. The molecule has 1 atom stereocenters. The molecule has 0 saturated carbocycles. The summed E-state index contributed by atoms with van der Waals surface area (Å²) in [5, 5.41) is 7.26. The second-order valence-electron chi connectivity index (χ2n) is 6.15. The highest BCUT2D eigenvalue weighted by Crippen LogP contribution is 2.31. The van der Waals surface area contributed by atoms with Crippen molar-refractivity contribution in [2.75, 3.05) is 26.2 Å². The highest BCUT2D eigenvalue weighted by molar-refractivity contribution is 4.85. The third-order valence-electron chi connectivity index (χ3n) is 4.89. The van der Waals surface area contributed by atoms with Gasteiger partial charge in [-0.2, -0.15) is 0 Å². The average molecular weight is 254 g/mol. The van der Waals surface area contributed by atoms with Gasteiger partial charge in [-0.25, -0.2) is 0 Å². The lowest BCUT2D eigenvalue weighted by atomic mass is 9.76. The highest BCUT2D eigenvalue weighted by atomic mass is 14.9. The lowest BCUT2D eigenvalue weighted by Crippen LogP contribution is -2.43. The minimum Gasteiger partial charge on any atom is -0.317 e. The van der Waals surface area contributed by atoms with Gasteiger partial charge in [-0.1, -0.05) is 40.0 Å². The van der Waals surface area contributed by atoms with Crippen LogP contribution in [0.5, 0.6) is 0 Å². The Balaban J connectivity index is 2.24. The van der Waals surface area contributed by atoms with Gasteiger partial charge >= 0.3 is 0 Å². The lowest BCUT2D eigenvalue weighted by Gasteiger charge is -2.37. The molecule has 1 heterocycles. The van der Waals surface area contributed by atoms with Crippen LogP contribution >= 0.6 is 0 Å². The molecule has 2 heteroatoms. The van der Waals surface area contributed by atoms with Crippen LogP contribution < -0.4 is 10.6 Å². The summed E-state index contributed by atoms with van der Waals surface area (Å²) >= 11 is 0. The first-order chi connectivity index (χ1) is 8.76. The van der Waals surface area contributed by atoms with Gasteiger partial charge in [0.25, 0.3) is 0 Å². The molecule has 0 radical (unpaired) electrons. The zero-order valence-electron chi connectivity index (χ0n) is 12.9. The van der Waals surface area contributed by atoms with Crippen molar-refractivity contribution in [1.29, 1.82) is 0 Å². The van der Waals surface area contributed by atoms with Gasteiger partial charge < -0.3 is 10.6 Å². The van der Waals surface area contributed by atoms with Crippen molar-refractivity contribution in [3.8, 4) is 0 Å². The normalized spacial score (nSPS) is 20.8. The summed E-state index contributed by atoms with van der Waals surface area (Å²) in [6.45, 7) is 11.9. The van der Waals surface area contributed by atoms with E-state index in [0.29, 0.717) is 5.41 Å². The molecule has 2 nitrogen and oxygen atoms in total. The highest BCUT2D eigenvalue weighted by Gasteiger charge is 2.29. The van der Waals surface area contributed by atoms with E-state index >= 15 is 0 Å². The fourth-order valence-corrected chi connectivity index (χ4v) is 3.10. The topological polar surface area (TPSA) is 24.1 Å². The Morgan fingerprint density at radius 2 is 1.89 bits per heavy atom. The summed E-state index contributed by atoms with van der Waals surface area (Å²) in [6, 6.07) is 0. The van der Waals surface area contributed by atoms with Crippen molar-refractivity contribution in [3.63, 3.8) is 0 Å². The maximum absolute atomic E-state index is 3.78. The molecule has 0 aromatic heterocycles. The standard InChI is InChI=1S/C16H34N2/c1-4-7-8-15(5-2)13-18-14-16(6-3)9-11-17-12-10-16/h15,17-18H,4-14H2,1-3H3. The van der Waals surface area contributed by atoms with E-state index in [-0.39, 0.29) is 0 Å². The van der Waals surface area contributed by atoms with Gasteiger partial charge in [0.05, 0.1) is 0 Å². The number of hydrogen-bond acceptors (Lipinski definition) is 2. The van der Waals surface area contributed by atoms with Gasteiger partial charge in [-0.15, -0.1) is 0 Å². The molecule has 0 spiro atoms. The molecule has 0 amide bonds. The van der Waals surface area contributed by atoms with Crippen molar-refractivity contribution in [2.24, 2.45) is 11.3 Å². The van der Waals surface area contributed by atoms with E-state index in [1.54, 1.807) is 0 Å². The SMILES string of the molecule is CCCCC(CC)CNCC1(CC)CCNCC1. The fraction of sp³-hybridized carbons (Fsp3) is 1.00. The Morgan fingerprint density at radius 1 is 1.17 bits per heavy atom. The Kier molecular flexibility index (Phi) is 7.92. The summed E-state index contributed by atoms with van der Waals surface area (Å²) < 4.78 is 0. The van der Waals surface area contributed by atoms with Gasteiger partial charge in [-0.05, 0) is 56.7 Å². The predicted molar refractivity (Wildman–Crippen MR) is 81.0 cm³/mol. The van der Waals surface area contributed by atoms with Gasteiger partial charge in [0, 0.05) is 6.54 Å². The maximum Gasteiger partial charge on any atom is 0.000877 e. The molecule has 0 aromatic carbocycles. The van der Waals surface area contributed by atoms with Crippen LogP contribution in [0.3, 0.4) is 0 Å². The van der Waals surface area contributed by atoms with E-state index in [1.807, 2.05) is 0 Å². The molecule has 1 aliphatic rings. The third kappa shape index (κ3) is 5.27. The van der Waals surface area contributed by atoms with Crippen molar-refractivity contribution in [2.45, 2.75) is 65.7 Å². The predicted octanol–water partition coefficient (Wildman–Crippen LogP) is 3.57. The van der Waals surface area contributed by atoms with Crippen molar-refractivity contribution in [3.05, 3.63) is 0 Å². The molecule has 0 aromatic rings. The minimum absolute atomic E-state index is 0.578. The van der Waals surface area contributed by atoms with Crippen molar-refractivity contribution >= 4 is 0 Å². The van der Waals surface area contributed by atoms with Crippen LogP contribution in [0.1, 0.15) is 65.7 Å². The van der Waals surface area contributed by atoms with Crippen molar-refractivity contribution < 1.29 is 0 Å². The summed E-state index contributed by atoms with van der Waals surface area (Å²) in [5.74, 6) is 0.889. The summed E-state index contributed by atoms with van der Waals surface area (Å²) in [5.41, 5.74) is 0.578. The van der Waals surface area contributed by atoms with Crippen LogP contribution in [0, 0.1) is 11.3 Å². The van der Waals surface area contributed by atoms with E-state index in [0.717, 1.165) is 5.92 Å². The number of nitrogens with one attached hydrogen (secondary N) is 2. The fourth-order valence-electron chi connectivity index (χ4n) is 3.10. The van der Waals surface area contributed by atoms with Gasteiger partial charge in [0.2, 0.25) is 0 Å². The summed E-state index contributed by atoms with van der Waals surface area (Å²) in [7, 11) is 0. The average Bonchev–Trinajstić information content (AvgIpc) is 2.43. The van der Waals surface area contributed by atoms with Crippen molar-refractivity contribution in [1.82, 2.24) is 10.6 Å². The molecule has 0 aliphatic carbocycles. The lowest BCUT2D eigenvalue weighted by molar-refractivity contribution is 0.182. The van der Waals surface area contributed by atoms with Gasteiger partial charge in [-0.3, -0.25) is 0 Å². The quantitative estimate of drug-likeness (QED) is 0.657. The molecule has 0 bridgehead atoms. The molecule has 1 saturated heterocycles. The minimum atomic E-state index is 0.578. The van der Waals surface area contributed by atoms with E-state index in [4.69, 9.17) is 0 Å². The second-order valence-corrected chi connectivity index (χ2v) is 6.15. The number of unbranched alkanes of at least 4 members (excludes halogenated alkanes) is 1. The van der Waals surface area contributed by atoms with E-state index in [1.165, 1.54) is 71.1 Å². The first kappa shape index (κ1) is 16.0. The van der Waals surface area contributed by atoms with Crippen LogP contribution in [0.2, 0.25) is 0 Å². The van der Waals surface area contributed by atoms with Crippen LogP contribution in [0.15, 0.2) is 0 Å². The summed E-state index contributed by atoms with van der Waals surface area (Å²) in [4.78, 5) is 0. The molecule has 1 rings (SSSR count). The molecule has 1 unspecified atom stereocenters. The smallest absolute Gasteiger partial charge is 0.000877 e. The maximum atomic E-state index is 3.78. The summed E-state index contributed by atoms with van der Waals surface area (Å²) in [6.07, 6.45) is 9.48. The van der Waals surface area contributed by atoms with Crippen LogP contribution in [-0.4, -0.2) is 26.2 Å². The molecular weight excluding hydrogens is 220 g/mol. The third-order valence-corrected chi connectivity index (χ3v) is 4.89. The zero-order chi connectivity index (χ0) is 13.3. The Bertz CT molecular complexity index is 197. The molecule has 108 valence electrons. The molecule has 1 aliphatic heterocycles.